The van der Waals surface area contributed by atoms with Gasteiger partial charge in [-0.1, -0.05) is 24.3 Å². The number of rotatable bonds is 8. The number of methoxy groups -OCH3 is 1. The Balaban J connectivity index is 1.87. The molecule has 1 N–H and O–H groups in total. The maximum absolute atomic E-state index is 5.23. The number of nitrogens with one attached hydrogen (secondary N) is 1. The first-order valence-corrected chi connectivity index (χ1v) is 7.06. The van der Waals surface area contributed by atoms with Crippen molar-refractivity contribution >= 4 is 0 Å². The minimum atomic E-state index is 0.687. The van der Waals surface area contributed by atoms with Crippen LogP contribution in [-0.4, -0.2) is 26.3 Å². The molecule has 0 aromatic heterocycles. The van der Waals surface area contributed by atoms with Crippen LogP contribution in [0, 0.1) is 12.8 Å². The second-order valence-electron chi connectivity index (χ2n) is 5.46. The Morgan fingerprint density at radius 2 is 2.11 bits per heavy atom. The monoisotopic (exact) mass is 247 g/mol. The van der Waals surface area contributed by atoms with E-state index in [-0.39, 0.29) is 0 Å². The second-order valence-corrected chi connectivity index (χ2v) is 5.46. The molecule has 0 aliphatic heterocycles. The molecule has 0 heterocycles. The van der Waals surface area contributed by atoms with Crippen LogP contribution in [0.4, 0.5) is 0 Å². The summed E-state index contributed by atoms with van der Waals surface area (Å²) in [6.45, 7) is 4.20. The Bertz CT molecular complexity index is 360. The zero-order valence-corrected chi connectivity index (χ0v) is 11.6. The summed E-state index contributed by atoms with van der Waals surface area (Å²) in [5.74, 6) is 0.687. The van der Waals surface area contributed by atoms with Gasteiger partial charge in [0.25, 0.3) is 0 Å². The van der Waals surface area contributed by atoms with Gasteiger partial charge in [-0.2, -0.15) is 0 Å². The molecule has 1 aliphatic carbocycles. The van der Waals surface area contributed by atoms with Crippen molar-refractivity contribution in [3.63, 3.8) is 0 Å². The molecule has 1 unspecified atom stereocenters. The van der Waals surface area contributed by atoms with Crippen molar-refractivity contribution < 1.29 is 4.74 Å². The number of aryl methyl sites for hydroxylation is 1. The highest BCUT2D eigenvalue weighted by Gasteiger charge is 2.22. The summed E-state index contributed by atoms with van der Waals surface area (Å²) < 4.78 is 5.23. The highest BCUT2D eigenvalue weighted by molar-refractivity contribution is 5.25. The normalized spacial score (nSPS) is 16.8. The van der Waals surface area contributed by atoms with E-state index in [1.165, 1.54) is 24.0 Å². The summed E-state index contributed by atoms with van der Waals surface area (Å²) in [4.78, 5) is 0. The Hall–Kier alpha value is -0.860. The zero-order valence-electron chi connectivity index (χ0n) is 11.6. The van der Waals surface area contributed by atoms with Gasteiger partial charge in [-0.25, -0.2) is 0 Å². The van der Waals surface area contributed by atoms with Crippen LogP contribution in [0.2, 0.25) is 0 Å². The number of hydrogen-bond acceptors (Lipinski definition) is 2. The molecule has 1 aromatic rings. The van der Waals surface area contributed by atoms with Gasteiger partial charge in [0.15, 0.2) is 0 Å². The van der Waals surface area contributed by atoms with E-state index >= 15 is 0 Å². The van der Waals surface area contributed by atoms with Crippen LogP contribution in [0.1, 0.15) is 30.4 Å². The third-order valence-corrected chi connectivity index (χ3v) is 3.77. The molecule has 2 heteroatoms. The topological polar surface area (TPSA) is 21.3 Å². The molecule has 2 rings (SSSR count). The van der Waals surface area contributed by atoms with Gasteiger partial charge in [0.1, 0.15) is 0 Å². The molecule has 0 radical (unpaired) electrons. The molecule has 0 spiro atoms. The van der Waals surface area contributed by atoms with E-state index in [9.17, 15) is 0 Å². The molecular weight excluding hydrogens is 222 g/mol. The lowest BCUT2D eigenvalue weighted by Gasteiger charge is -2.18. The molecule has 0 saturated heterocycles. The van der Waals surface area contributed by atoms with E-state index in [1.807, 2.05) is 0 Å². The fourth-order valence-electron chi connectivity index (χ4n) is 2.33. The van der Waals surface area contributed by atoms with Gasteiger partial charge in [-0.05, 0) is 56.2 Å². The van der Waals surface area contributed by atoms with Crippen molar-refractivity contribution in [2.24, 2.45) is 5.92 Å². The van der Waals surface area contributed by atoms with Crippen LogP contribution in [-0.2, 0) is 11.2 Å². The molecule has 1 fully saturated rings. The highest BCUT2D eigenvalue weighted by Crippen LogP contribution is 2.21. The van der Waals surface area contributed by atoms with Crippen LogP contribution < -0.4 is 5.32 Å². The summed E-state index contributed by atoms with van der Waals surface area (Å²) in [6, 6.07) is 9.52. The van der Waals surface area contributed by atoms with E-state index in [0.29, 0.717) is 5.92 Å². The number of benzene rings is 1. The first kappa shape index (κ1) is 13.6. The Morgan fingerprint density at radius 1 is 1.33 bits per heavy atom. The molecule has 1 saturated carbocycles. The van der Waals surface area contributed by atoms with E-state index in [2.05, 4.69) is 36.5 Å². The van der Waals surface area contributed by atoms with Crippen molar-refractivity contribution in [2.45, 2.75) is 38.6 Å². The maximum Gasteiger partial charge on any atom is 0.0465 e. The fraction of sp³-hybridized carbons (Fsp3) is 0.625. The lowest BCUT2D eigenvalue weighted by molar-refractivity contribution is 0.176. The second kappa shape index (κ2) is 6.91. The first-order valence-electron chi connectivity index (χ1n) is 7.06. The summed E-state index contributed by atoms with van der Waals surface area (Å²) in [5, 5.41) is 3.65. The molecule has 100 valence electrons. The lowest BCUT2D eigenvalue weighted by Crippen LogP contribution is -2.27. The van der Waals surface area contributed by atoms with Crippen molar-refractivity contribution in [1.29, 1.82) is 0 Å². The van der Waals surface area contributed by atoms with Crippen LogP contribution in [0.5, 0.6) is 0 Å². The maximum atomic E-state index is 5.23. The average molecular weight is 247 g/mol. The van der Waals surface area contributed by atoms with E-state index in [0.717, 1.165) is 32.0 Å². The quantitative estimate of drug-likeness (QED) is 0.762. The van der Waals surface area contributed by atoms with Crippen LogP contribution in [0.15, 0.2) is 24.3 Å². The standard InChI is InChI=1S/C16H25NO/c1-13-5-3-4-6-15(13)11-14(9-10-18-2)12-17-16-7-8-16/h3-6,14,16-17H,7-12H2,1-2H3. The summed E-state index contributed by atoms with van der Waals surface area (Å²) in [5.41, 5.74) is 2.89. The van der Waals surface area contributed by atoms with Crippen molar-refractivity contribution in [3.05, 3.63) is 35.4 Å². The highest BCUT2D eigenvalue weighted by atomic mass is 16.5. The molecule has 1 atom stereocenters. The van der Waals surface area contributed by atoms with Gasteiger partial charge in [-0.15, -0.1) is 0 Å². The Labute approximate surface area is 111 Å². The molecule has 0 amide bonds. The van der Waals surface area contributed by atoms with Gasteiger partial charge in [-0.3, -0.25) is 0 Å². The van der Waals surface area contributed by atoms with E-state index in [1.54, 1.807) is 7.11 Å². The average Bonchev–Trinajstić information content (AvgIpc) is 3.19. The summed E-state index contributed by atoms with van der Waals surface area (Å²) in [7, 11) is 1.79. The number of ether oxygens (including phenoxy) is 1. The van der Waals surface area contributed by atoms with Gasteiger partial charge in [0.2, 0.25) is 0 Å². The fourth-order valence-corrected chi connectivity index (χ4v) is 2.33. The van der Waals surface area contributed by atoms with Crippen molar-refractivity contribution in [1.82, 2.24) is 5.32 Å². The van der Waals surface area contributed by atoms with Gasteiger partial charge >= 0.3 is 0 Å². The predicted molar refractivity (Wildman–Crippen MR) is 75.9 cm³/mol. The van der Waals surface area contributed by atoms with Crippen molar-refractivity contribution in [3.8, 4) is 0 Å². The SMILES string of the molecule is COCCC(CNC1CC1)Cc1ccccc1C. The molecule has 18 heavy (non-hydrogen) atoms. The van der Waals surface area contributed by atoms with Crippen molar-refractivity contribution in [2.75, 3.05) is 20.3 Å². The largest absolute Gasteiger partial charge is 0.385 e. The molecule has 2 nitrogen and oxygen atoms in total. The van der Waals surface area contributed by atoms with E-state index < -0.39 is 0 Å². The Kier molecular flexibility index (Phi) is 5.21. The minimum Gasteiger partial charge on any atom is -0.385 e. The molecule has 1 aromatic carbocycles. The van der Waals surface area contributed by atoms with Crippen LogP contribution >= 0.6 is 0 Å². The third kappa shape index (κ3) is 4.43. The van der Waals surface area contributed by atoms with Gasteiger partial charge in [0, 0.05) is 19.8 Å². The Morgan fingerprint density at radius 3 is 2.78 bits per heavy atom. The van der Waals surface area contributed by atoms with Crippen LogP contribution in [0.3, 0.4) is 0 Å². The number of hydrogen-bond donors (Lipinski definition) is 1. The molecular formula is C16H25NO. The molecule has 0 bridgehead atoms. The third-order valence-electron chi connectivity index (χ3n) is 3.77. The minimum absolute atomic E-state index is 0.687. The summed E-state index contributed by atoms with van der Waals surface area (Å²) >= 11 is 0. The van der Waals surface area contributed by atoms with Crippen LogP contribution in [0.25, 0.3) is 0 Å². The predicted octanol–water partition coefficient (Wildman–Crippen LogP) is 2.94. The smallest absolute Gasteiger partial charge is 0.0465 e. The van der Waals surface area contributed by atoms with E-state index in [4.69, 9.17) is 4.74 Å². The lowest BCUT2D eigenvalue weighted by atomic mass is 9.94. The van der Waals surface area contributed by atoms with Gasteiger partial charge in [0.05, 0.1) is 0 Å². The molecule has 1 aliphatic rings. The van der Waals surface area contributed by atoms with Gasteiger partial charge < -0.3 is 10.1 Å². The zero-order chi connectivity index (χ0) is 12.8. The first-order chi connectivity index (χ1) is 8.79. The summed E-state index contributed by atoms with van der Waals surface area (Å²) in [6.07, 6.45) is 5.03.